The molecule has 0 spiro atoms. The van der Waals surface area contributed by atoms with Gasteiger partial charge < -0.3 is 31.9 Å². The third-order valence-corrected chi connectivity index (χ3v) is 1.01. The fourth-order valence-electron chi connectivity index (χ4n) is 0.105. The SMILES string of the molecule is O.O.O.O.O.O=S([O-])OOS(=O)(=O)OOO.[Fe].[Fe].[Fe]. The number of rotatable bonds is 5. The van der Waals surface area contributed by atoms with Crippen LogP contribution in [-0.2, 0) is 91.0 Å². The zero-order valence-corrected chi connectivity index (χ0v) is 13.0. The number of hydrogen-bond acceptors (Lipinski definition) is 9. The van der Waals surface area contributed by atoms with E-state index in [2.05, 4.69) is 18.0 Å². The van der Waals surface area contributed by atoms with Crippen molar-refractivity contribution >= 4 is 21.8 Å². The third kappa shape index (κ3) is 45.3. The molecule has 19 heteroatoms. The van der Waals surface area contributed by atoms with Gasteiger partial charge in [-0.25, -0.2) is 9.47 Å². The van der Waals surface area contributed by atoms with Gasteiger partial charge in [-0.05, 0) is 0 Å². The van der Waals surface area contributed by atoms with Gasteiger partial charge in [-0.1, -0.05) is 13.7 Å². The second-order valence-corrected chi connectivity index (χ2v) is 2.52. The second-order valence-electron chi connectivity index (χ2n) is 0.891. The molecule has 0 rings (SSSR count). The zero-order valence-electron chi connectivity index (χ0n) is 8.09. The van der Waals surface area contributed by atoms with Crippen LogP contribution in [0, 0.1) is 0 Å². The van der Waals surface area contributed by atoms with E-state index in [4.69, 9.17) is 5.26 Å². The van der Waals surface area contributed by atoms with E-state index in [1.54, 1.807) is 0 Å². The Morgan fingerprint density at radius 3 is 1.42 bits per heavy atom. The van der Waals surface area contributed by atoms with Crippen LogP contribution in [0.15, 0.2) is 0 Å². The van der Waals surface area contributed by atoms with Gasteiger partial charge in [0.15, 0.2) is 0 Å². The van der Waals surface area contributed by atoms with Crippen LogP contribution in [-0.4, -0.2) is 49.8 Å². The summed E-state index contributed by atoms with van der Waals surface area (Å²) in [5, 5.41) is 10.0. The maximum Gasteiger partial charge on any atom is 0.456 e. The molecule has 0 fully saturated rings. The first-order chi connectivity index (χ1) is 4.98. The average Bonchev–Trinajstić information content (AvgIpc) is 1.84. The fraction of sp³-hybridized carbons (Fsp3) is 0. The van der Waals surface area contributed by atoms with Crippen LogP contribution in [0.3, 0.4) is 0 Å². The summed E-state index contributed by atoms with van der Waals surface area (Å²) in [7, 11) is -4.81. The minimum atomic E-state index is -4.81. The normalized spacial score (nSPS) is 8.53. The summed E-state index contributed by atoms with van der Waals surface area (Å²) < 4.78 is 48.1. The van der Waals surface area contributed by atoms with Crippen molar-refractivity contribution in [1.29, 1.82) is 0 Å². The minimum absolute atomic E-state index is 0. The maximum atomic E-state index is 10.0. The van der Waals surface area contributed by atoms with E-state index in [0.29, 0.717) is 0 Å². The molecule has 0 heterocycles. The predicted molar refractivity (Wildman–Crippen MR) is 42.9 cm³/mol. The molecule has 0 aliphatic carbocycles. The van der Waals surface area contributed by atoms with Crippen LogP contribution in [0.1, 0.15) is 0 Å². The molecule has 0 aliphatic rings. The van der Waals surface area contributed by atoms with Crippen molar-refractivity contribution in [2.75, 3.05) is 0 Å². The van der Waals surface area contributed by atoms with Crippen molar-refractivity contribution in [2.45, 2.75) is 0 Å². The monoisotopic (exact) mass is 467 g/mol. The third-order valence-electron chi connectivity index (χ3n) is 0.280. The molecule has 19 heavy (non-hydrogen) atoms. The quantitative estimate of drug-likeness (QED) is 0.174. The van der Waals surface area contributed by atoms with Gasteiger partial charge in [0.05, 0.1) is 0 Å². The summed E-state index contributed by atoms with van der Waals surface area (Å²) in [5.74, 6) is 0. The Bertz CT molecular complexity index is 223. The van der Waals surface area contributed by atoms with Crippen LogP contribution in [0.2, 0.25) is 0 Å². The van der Waals surface area contributed by atoms with Gasteiger partial charge in [-0.2, -0.15) is 8.42 Å². The summed E-state index contributed by atoms with van der Waals surface area (Å²) >= 11 is -3.18. The van der Waals surface area contributed by atoms with Gasteiger partial charge in [-0.3, -0.25) is 0 Å². The van der Waals surface area contributed by atoms with Gasteiger partial charge in [0, 0.05) is 51.2 Å². The summed E-state index contributed by atoms with van der Waals surface area (Å²) in [5.41, 5.74) is 0. The zero-order chi connectivity index (χ0) is 8.91. The summed E-state index contributed by atoms with van der Waals surface area (Å²) in [6, 6.07) is 0. The first-order valence-electron chi connectivity index (χ1n) is 1.68. The van der Waals surface area contributed by atoms with Gasteiger partial charge in [-0.15, -0.1) is 4.33 Å². The molecule has 0 amide bonds. The molecule has 0 saturated heterocycles. The maximum absolute atomic E-state index is 10.0. The Balaban J connectivity index is -0.0000000179. The Morgan fingerprint density at radius 2 is 1.21 bits per heavy atom. The van der Waals surface area contributed by atoms with Gasteiger partial charge in [0.1, 0.15) is 11.4 Å². The van der Waals surface area contributed by atoms with E-state index < -0.39 is 21.8 Å². The van der Waals surface area contributed by atoms with Gasteiger partial charge in [0.2, 0.25) is 0 Å². The first-order valence-corrected chi connectivity index (χ1v) is 4.02. The van der Waals surface area contributed by atoms with E-state index in [1.807, 2.05) is 0 Å². The van der Waals surface area contributed by atoms with E-state index in [9.17, 15) is 17.2 Å². The van der Waals surface area contributed by atoms with Gasteiger partial charge >= 0.3 is 10.4 Å². The second kappa shape index (κ2) is 31.6. The minimum Gasteiger partial charge on any atom is -0.747 e. The van der Waals surface area contributed by atoms with Crippen molar-refractivity contribution in [3.63, 3.8) is 0 Å². The molecule has 132 valence electrons. The molecule has 14 nitrogen and oxygen atoms in total. The van der Waals surface area contributed by atoms with Crippen LogP contribution in [0.5, 0.6) is 0 Å². The van der Waals surface area contributed by atoms with Crippen molar-refractivity contribution in [3.05, 3.63) is 0 Å². The molecular formula is H11Fe3O14S2-. The van der Waals surface area contributed by atoms with Crippen LogP contribution in [0.25, 0.3) is 0 Å². The molecule has 0 aromatic rings. The van der Waals surface area contributed by atoms with Crippen molar-refractivity contribution in [2.24, 2.45) is 0 Å². The topological polar surface area (TPSA) is 289 Å². The standard InChI is InChI=1S/3Fe.H2O9S2.5H2O/c;;;1-6-8-11(4,5)9-7-10(2)3;;;;;/h;;;1H,(H,2,3);5*1H2/p-1. The average molecular weight is 467 g/mol. The molecule has 0 aromatic carbocycles. The first kappa shape index (κ1) is 59.3. The van der Waals surface area contributed by atoms with E-state index in [0.717, 1.165) is 0 Å². The Hall–Kier alpha value is 1.22. The molecule has 1 atom stereocenters. The summed E-state index contributed by atoms with van der Waals surface area (Å²) in [4.78, 5) is 0. The molecule has 1 unspecified atom stereocenters. The van der Waals surface area contributed by atoms with E-state index in [-0.39, 0.29) is 78.6 Å². The van der Waals surface area contributed by atoms with Crippen molar-refractivity contribution < 1.29 is 119 Å². The van der Waals surface area contributed by atoms with E-state index in [1.165, 1.54) is 0 Å². The molecule has 0 radical (unpaired) electrons. The summed E-state index contributed by atoms with van der Waals surface area (Å²) in [6.07, 6.45) is 0. The Kier molecular flexibility index (Phi) is 98.5. The molecular weight excluding hydrogens is 456 g/mol. The van der Waals surface area contributed by atoms with Crippen molar-refractivity contribution in [1.82, 2.24) is 0 Å². The molecule has 0 aliphatic heterocycles. The van der Waals surface area contributed by atoms with E-state index >= 15 is 0 Å². The van der Waals surface area contributed by atoms with Crippen LogP contribution in [0.4, 0.5) is 0 Å². The fourth-order valence-corrected chi connectivity index (χ4v) is 0.656. The van der Waals surface area contributed by atoms with Crippen molar-refractivity contribution in [3.8, 4) is 0 Å². The Labute approximate surface area is 140 Å². The smallest absolute Gasteiger partial charge is 0.456 e. The van der Waals surface area contributed by atoms with Crippen LogP contribution < -0.4 is 0 Å². The van der Waals surface area contributed by atoms with Crippen LogP contribution >= 0.6 is 0 Å². The molecule has 0 saturated carbocycles. The molecule has 0 bridgehead atoms. The predicted octanol–water partition coefficient (Wildman–Crippen LogP) is -5.74. The summed E-state index contributed by atoms with van der Waals surface area (Å²) in [6.45, 7) is 0. The molecule has 11 N–H and O–H groups in total. The Morgan fingerprint density at radius 1 is 0.895 bits per heavy atom. The number of hydrogen-bond donors (Lipinski definition) is 1. The largest absolute Gasteiger partial charge is 0.747 e. The van der Waals surface area contributed by atoms with Gasteiger partial charge in [0.25, 0.3) is 0 Å². The molecule has 0 aromatic heterocycles.